The number of aliphatic hydroxyl groups excluding tert-OH is 1. The normalized spacial score (nSPS) is 14.7. The van der Waals surface area contributed by atoms with Crippen LogP contribution in [0.5, 0.6) is 0 Å². The molecule has 0 spiro atoms. The maximum atomic E-state index is 13.6. The van der Waals surface area contributed by atoms with Gasteiger partial charge in [0.15, 0.2) is 0 Å². The van der Waals surface area contributed by atoms with E-state index < -0.39 is 17.2 Å². The number of urea groups is 1. The Morgan fingerprint density at radius 1 is 1.19 bits per heavy atom. The van der Waals surface area contributed by atoms with Crippen molar-refractivity contribution >= 4 is 17.6 Å². The Bertz CT molecular complexity index is 807. The number of halogens is 3. The molecule has 0 radical (unpaired) electrons. The van der Waals surface area contributed by atoms with E-state index in [1.807, 2.05) is 18.2 Å². The second kappa shape index (κ2) is 8.23. The van der Waals surface area contributed by atoms with Crippen molar-refractivity contribution in [1.82, 2.24) is 10.2 Å². The van der Waals surface area contributed by atoms with Crippen LogP contribution < -0.4 is 5.32 Å². The van der Waals surface area contributed by atoms with E-state index in [0.29, 0.717) is 36.4 Å². The van der Waals surface area contributed by atoms with Gasteiger partial charge in [-0.1, -0.05) is 29.8 Å². The van der Waals surface area contributed by atoms with Gasteiger partial charge in [0, 0.05) is 30.8 Å². The minimum atomic E-state index is -0.752. The van der Waals surface area contributed by atoms with Crippen LogP contribution in [0, 0.1) is 11.6 Å². The quantitative estimate of drug-likeness (QED) is 0.739. The maximum absolute atomic E-state index is 13.6. The van der Waals surface area contributed by atoms with Crippen LogP contribution in [0.2, 0.25) is 5.02 Å². The summed E-state index contributed by atoms with van der Waals surface area (Å²) in [6.07, 6.45) is 1.64. The van der Waals surface area contributed by atoms with Gasteiger partial charge in [-0.25, -0.2) is 13.6 Å². The molecule has 4 nitrogen and oxygen atoms in total. The third kappa shape index (κ3) is 4.76. The van der Waals surface area contributed by atoms with E-state index in [9.17, 15) is 13.6 Å². The van der Waals surface area contributed by atoms with Crippen LogP contribution in [-0.2, 0) is 12.1 Å². The number of rotatable bonds is 7. The smallest absolute Gasteiger partial charge is 0.318 e. The van der Waals surface area contributed by atoms with Gasteiger partial charge in [-0.2, -0.15) is 0 Å². The lowest BCUT2D eigenvalue weighted by atomic mass is 10.0. The highest BCUT2D eigenvalue weighted by atomic mass is 35.5. The Hall–Kier alpha value is -2.18. The van der Waals surface area contributed by atoms with E-state index >= 15 is 0 Å². The van der Waals surface area contributed by atoms with E-state index in [-0.39, 0.29) is 19.2 Å². The summed E-state index contributed by atoms with van der Waals surface area (Å²) >= 11 is 6.19. The van der Waals surface area contributed by atoms with Crippen LogP contribution in [0.25, 0.3) is 0 Å². The Kier molecular flexibility index (Phi) is 5.97. The van der Waals surface area contributed by atoms with Crippen molar-refractivity contribution in [2.45, 2.75) is 31.3 Å². The molecule has 0 aromatic heterocycles. The molecule has 3 rings (SSSR count). The minimum absolute atomic E-state index is 0.0491. The lowest BCUT2D eigenvalue weighted by Crippen LogP contribution is -2.45. The highest BCUT2D eigenvalue weighted by Crippen LogP contribution is 2.46. The fourth-order valence-electron chi connectivity index (χ4n) is 3.07. The summed E-state index contributed by atoms with van der Waals surface area (Å²) in [5.41, 5.74) is 0.458. The van der Waals surface area contributed by atoms with E-state index in [4.69, 9.17) is 16.7 Å². The average molecular weight is 395 g/mol. The molecule has 2 amide bonds. The van der Waals surface area contributed by atoms with Crippen LogP contribution >= 0.6 is 11.6 Å². The molecule has 27 heavy (non-hydrogen) atoms. The molecule has 2 aromatic rings. The zero-order chi connectivity index (χ0) is 19.4. The van der Waals surface area contributed by atoms with Gasteiger partial charge in [0.05, 0.1) is 5.54 Å². The second-order valence-electron chi connectivity index (χ2n) is 6.76. The molecule has 1 aliphatic carbocycles. The van der Waals surface area contributed by atoms with E-state index in [1.54, 1.807) is 11.0 Å². The summed E-state index contributed by atoms with van der Waals surface area (Å²) < 4.78 is 27.2. The maximum Gasteiger partial charge on any atom is 0.318 e. The number of hydrogen-bond acceptors (Lipinski definition) is 2. The average Bonchev–Trinajstić information content (AvgIpc) is 3.40. The number of carbonyl (C=O) groups is 1. The number of carbonyl (C=O) groups excluding carboxylic acids is 1. The predicted molar refractivity (Wildman–Crippen MR) is 99.4 cm³/mol. The SMILES string of the molecule is O=C(NC1(c2cc(F)cc(F)c2)CC1)N(CCCO)Cc1ccccc1Cl. The van der Waals surface area contributed by atoms with E-state index in [1.165, 1.54) is 12.1 Å². The summed E-state index contributed by atoms with van der Waals surface area (Å²) in [4.78, 5) is 14.4. The first-order valence-corrected chi connectivity index (χ1v) is 9.19. The molecule has 144 valence electrons. The van der Waals surface area contributed by atoms with Gasteiger partial charge in [-0.3, -0.25) is 0 Å². The molecule has 0 atom stereocenters. The van der Waals surface area contributed by atoms with E-state index in [2.05, 4.69) is 5.32 Å². The fourth-order valence-corrected chi connectivity index (χ4v) is 3.27. The fraction of sp³-hybridized carbons (Fsp3) is 0.350. The molecule has 2 N–H and O–H groups in total. The number of hydrogen-bond donors (Lipinski definition) is 2. The van der Waals surface area contributed by atoms with Gasteiger partial charge in [-0.15, -0.1) is 0 Å². The largest absolute Gasteiger partial charge is 0.396 e. The van der Waals surface area contributed by atoms with Crippen molar-refractivity contribution < 1.29 is 18.7 Å². The summed E-state index contributed by atoms with van der Waals surface area (Å²) in [5, 5.41) is 12.6. The van der Waals surface area contributed by atoms with Gasteiger partial charge in [0.1, 0.15) is 11.6 Å². The first kappa shape index (κ1) is 19.6. The van der Waals surface area contributed by atoms with Crippen LogP contribution in [-0.4, -0.2) is 29.2 Å². The first-order chi connectivity index (χ1) is 12.9. The third-order valence-corrected chi connectivity index (χ3v) is 5.07. The zero-order valence-electron chi connectivity index (χ0n) is 14.7. The zero-order valence-corrected chi connectivity index (χ0v) is 15.5. The lowest BCUT2D eigenvalue weighted by Gasteiger charge is -2.27. The van der Waals surface area contributed by atoms with Crippen molar-refractivity contribution in [2.24, 2.45) is 0 Å². The van der Waals surface area contributed by atoms with Crippen molar-refractivity contribution in [3.05, 3.63) is 70.2 Å². The minimum Gasteiger partial charge on any atom is -0.396 e. The van der Waals surface area contributed by atoms with Crippen molar-refractivity contribution in [3.8, 4) is 0 Å². The molecule has 0 aliphatic heterocycles. The van der Waals surface area contributed by atoms with Crippen molar-refractivity contribution in [1.29, 1.82) is 0 Å². The Labute approximate surface area is 161 Å². The van der Waals surface area contributed by atoms with Gasteiger partial charge >= 0.3 is 6.03 Å². The molecule has 0 unspecified atom stereocenters. The first-order valence-electron chi connectivity index (χ1n) is 8.81. The Morgan fingerprint density at radius 2 is 1.85 bits per heavy atom. The Balaban J connectivity index is 1.77. The highest BCUT2D eigenvalue weighted by Gasteiger charge is 2.46. The summed E-state index contributed by atoms with van der Waals surface area (Å²) in [5.74, 6) is -1.34. The van der Waals surface area contributed by atoms with Gasteiger partial charge in [0.25, 0.3) is 0 Å². The molecule has 2 aromatic carbocycles. The monoisotopic (exact) mass is 394 g/mol. The second-order valence-corrected chi connectivity index (χ2v) is 7.17. The number of nitrogens with zero attached hydrogens (tertiary/aromatic N) is 1. The van der Waals surface area contributed by atoms with Gasteiger partial charge in [0.2, 0.25) is 0 Å². The molecule has 1 fully saturated rings. The molecule has 1 aliphatic rings. The molecule has 1 saturated carbocycles. The van der Waals surface area contributed by atoms with Crippen molar-refractivity contribution in [2.75, 3.05) is 13.2 Å². The van der Waals surface area contributed by atoms with E-state index in [0.717, 1.165) is 11.6 Å². The molecule has 7 heteroatoms. The van der Waals surface area contributed by atoms with Crippen LogP contribution in [0.3, 0.4) is 0 Å². The predicted octanol–water partition coefficient (Wildman–Crippen LogP) is 4.20. The molecule has 0 heterocycles. The van der Waals surface area contributed by atoms with Gasteiger partial charge < -0.3 is 15.3 Å². The van der Waals surface area contributed by atoms with Gasteiger partial charge in [-0.05, 0) is 48.6 Å². The number of benzene rings is 2. The van der Waals surface area contributed by atoms with Crippen LogP contribution in [0.1, 0.15) is 30.4 Å². The van der Waals surface area contributed by atoms with Crippen LogP contribution in [0.4, 0.5) is 13.6 Å². The lowest BCUT2D eigenvalue weighted by molar-refractivity contribution is 0.181. The summed E-state index contributed by atoms with van der Waals surface area (Å²) in [7, 11) is 0. The summed E-state index contributed by atoms with van der Waals surface area (Å²) in [6.45, 7) is 0.562. The van der Waals surface area contributed by atoms with Crippen LogP contribution in [0.15, 0.2) is 42.5 Å². The standard InChI is InChI=1S/C20H21ClF2N2O2/c21-18-5-2-1-4-14(18)13-25(8-3-9-26)19(27)24-20(6-7-20)15-10-16(22)12-17(23)11-15/h1-2,4-5,10-12,26H,3,6-9,13H2,(H,24,27). The summed E-state index contributed by atoms with van der Waals surface area (Å²) in [6, 6.07) is 10.2. The Morgan fingerprint density at radius 3 is 2.44 bits per heavy atom. The van der Waals surface area contributed by atoms with Crippen molar-refractivity contribution in [3.63, 3.8) is 0 Å². The molecular formula is C20H21ClF2N2O2. The number of nitrogens with one attached hydrogen (secondary N) is 1. The molecule has 0 bridgehead atoms. The number of aliphatic hydroxyl groups is 1. The third-order valence-electron chi connectivity index (χ3n) is 4.70. The highest BCUT2D eigenvalue weighted by molar-refractivity contribution is 6.31. The molecule has 0 saturated heterocycles. The number of amides is 2. The molecular weight excluding hydrogens is 374 g/mol. The topological polar surface area (TPSA) is 52.6 Å².